The molecule has 2 N–H and O–H groups in total. The number of carbonyl (C=O) groups excluding carboxylic acids is 1. The van der Waals surface area contributed by atoms with Crippen LogP contribution in [0.2, 0.25) is 0 Å². The quantitative estimate of drug-likeness (QED) is 0.545. The van der Waals surface area contributed by atoms with Crippen LogP contribution in [0, 0.1) is 5.92 Å². The summed E-state index contributed by atoms with van der Waals surface area (Å²) in [6.45, 7) is 2.47. The molecule has 3 rings (SSSR count). The van der Waals surface area contributed by atoms with E-state index in [1.807, 2.05) is 7.05 Å². The molecule has 6 nitrogen and oxygen atoms in total. The van der Waals surface area contributed by atoms with E-state index in [9.17, 15) is 4.79 Å². The van der Waals surface area contributed by atoms with E-state index >= 15 is 0 Å². The molecule has 2 fully saturated rings. The lowest BCUT2D eigenvalue weighted by molar-refractivity contribution is -0.134. The van der Waals surface area contributed by atoms with E-state index in [0.29, 0.717) is 11.9 Å². The normalized spacial score (nSPS) is 21.6. The molecule has 0 spiro atoms. The Morgan fingerprint density at radius 3 is 2.59 bits per heavy atom. The number of hydrogen-bond donors (Lipinski definition) is 2. The molecule has 1 aliphatic heterocycles. The first-order valence-electron chi connectivity index (χ1n) is 11.0. The monoisotopic (exact) mass is 399 g/mol. The van der Waals surface area contributed by atoms with E-state index in [0.717, 1.165) is 51.3 Å². The van der Waals surface area contributed by atoms with E-state index in [1.54, 1.807) is 0 Å². The fraction of sp³-hybridized carbons (Fsp3) is 0.652. The minimum atomic E-state index is 0.269. The van der Waals surface area contributed by atoms with Gasteiger partial charge in [0.2, 0.25) is 5.91 Å². The molecule has 160 valence electrons. The maximum Gasteiger partial charge on any atom is 0.225 e. The van der Waals surface area contributed by atoms with Crippen molar-refractivity contribution < 1.29 is 4.79 Å². The van der Waals surface area contributed by atoms with Gasteiger partial charge in [0.25, 0.3) is 0 Å². The van der Waals surface area contributed by atoms with Gasteiger partial charge in [-0.15, -0.1) is 0 Å². The predicted octanol–water partition coefficient (Wildman–Crippen LogP) is 2.12. The van der Waals surface area contributed by atoms with Crippen molar-refractivity contribution in [3.8, 4) is 0 Å². The fourth-order valence-corrected chi connectivity index (χ4v) is 4.44. The smallest absolute Gasteiger partial charge is 0.225 e. The molecule has 0 radical (unpaired) electrons. The van der Waals surface area contributed by atoms with Crippen molar-refractivity contribution >= 4 is 11.9 Å². The summed E-state index contributed by atoms with van der Waals surface area (Å²) in [4.78, 5) is 21.4. The molecule has 29 heavy (non-hydrogen) atoms. The summed E-state index contributed by atoms with van der Waals surface area (Å²) in [6.07, 6.45) is 6.54. The summed E-state index contributed by atoms with van der Waals surface area (Å²) in [5.41, 5.74) is 1.34. The zero-order valence-corrected chi connectivity index (χ0v) is 18.2. The van der Waals surface area contributed by atoms with Gasteiger partial charge in [0.05, 0.1) is 0 Å². The molecule has 1 saturated carbocycles. The Balaban J connectivity index is 1.46. The maximum absolute atomic E-state index is 12.7. The van der Waals surface area contributed by atoms with Gasteiger partial charge in [-0.2, -0.15) is 0 Å². The molecule has 1 aromatic rings. The number of amides is 1. The van der Waals surface area contributed by atoms with Gasteiger partial charge < -0.3 is 20.4 Å². The van der Waals surface area contributed by atoms with E-state index in [1.165, 1.54) is 18.4 Å². The molecule has 6 heteroatoms. The van der Waals surface area contributed by atoms with Gasteiger partial charge >= 0.3 is 0 Å². The van der Waals surface area contributed by atoms with E-state index in [-0.39, 0.29) is 12.0 Å². The van der Waals surface area contributed by atoms with Gasteiger partial charge in [-0.05, 0) is 45.3 Å². The van der Waals surface area contributed by atoms with Crippen molar-refractivity contribution in [1.82, 2.24) is 20.4 Å². The lowest BCUT2D eigenvalue weighted by Crippen LogP contribution is -2.49. The Labute approximate surface area is 175 Å². The minimum Gasteiger partial charge on any atom is -0.355 e. The Morgan fingerprint density at radius 1 is 1.21 bits per heavy atom. The lowest BCUT2D eigenvalue weighted by atomic mass is 10.1. The number of guanidine groups is 1. The fourth-order valence-electron chi connectivity index (χ4n) is 4.44. The van der Waals surface area contributed by atoms with Crippen molar-refractivity contribution in [3.05, 3.63) is 35.9 Å². The summed E-state index contributed by atoms with van der Waals surface area (Å²) >= 11 is 0. The van der Waals surface area contributed by atoms with Gasteiger partial charge in [0, 0.05) is 44.7 Å². The number of hydrogen-bond acceptors (Lipinski definition) is 3. The van der Waals surface area contributed by atoms with Crippen LogP contribution in [0.1, 0.15) is 37.7 Å². The topological polar surface area (TPSA) is 60.0 Å². The van der Waals surface area contributed by atoms with Crippen LogP contribution in [0.25, 0.3) is 0 Å². The standard InChI is InChI=1S/C23H37N5O/c1-24-23(25-16-21(27(2)3)15-18-9-5-4-6-10-18)26-20-13-14-28(17-20)22(29)19-11-7-8-12-19/h4-6,9-10,19-21H,7-8,11-17H2,1-3H3,(H2,24,25,26). The van der Waals surface area contributed by atoms with Crippen molar-refractivity contribution in [2.75, 3.05) is 40.8 Å². The maximum atomic E-state index is 12.7. The number of nitrogens with zero attached hydrogens (tertiary/aromatic N) is 3. The van der Waals surface area contributed by atoms with Gasteiger partial charge in [-0.3, -0.25) is 9.79 Å². The highest BCUT2D eigenvalue weighted by molar-refractivity contribution is 5.81. The number of nitrogens with one attached hydrogen (secondary N) is 2. The first-order chi connectivity index (χ1) is 14.1. The molecule has 1 saturated heterocycles. The first-order valence-corrected chi connectivity index (χ1v) is 11.0. The summed E-state index contributed by atoms with van der Waals surface area (Å²) in [7, 11) is 6.05. The number of rotatable bonds is 7. The zero-order chi connectivity index (χ0) is 20.6. The van der Waals surface area contributed by atoms with E-state index in [2.05, 4.69) is 69.9 Å². The van der Waals surface area contributed by atoms with Gasteiger partial charge in [0.15, 0.2) is 5.96 Å². The lowest BCUT2D eigenvalue weighted by Gasteiger charge is -2.26. The molecule has 1 aromatic carbocycles. The van der Waals surface area contributed by atoms with Crippen molar-refractivity contribution in [2.45, 2.75) is 50.6 Å². The van der Waals surface area contributed by atoms with Crippen LogP contribution in [0.4, 0.5) is 0 Å². The SMILES string of the molecule is CN=C(NCC(Cc1ccccc1)N(C)C)NC1CCN(C(=O)C2CCCC2)C1. The Kier molecular flexibility index (Phi) is 7.92. The van der Waals surface area contributed by atoms with Gasteiger partial charge in [-0.1, -0.05) is 43.2 Å². The summed E-state index contributed by atoms with van der Waals surface area (Å²) in [6, 6.07) is 11.2. The molecular weight excluding hydrogens is 362 g/mol. The van der Waals surface area contributed by atoms with Crippen LogP contribution < -0.4 is 10.6 Å². The average molecular weight is 400 g/mol. The predicted molar refractivity (Wildman–Crippen MR) is 119 cm³/mol. The molecule has 0 aromatic heterocycles. The van der Waals surface area contributed by atoms with Crippen LogP contribution in [-0.2, 0) is 11.2 Å². The second-order valence-electron chi connectivity index (χ2n) is 8.66. The second kappa shape index (κ2) is 10.6. The third kappa shape index (κ3) is 6.20. The average Bonchev–Trinajstić information content (AvgIpc) is 3.42. The van der Waals surface area contributed by atoms with E-state index in [4.69, 9.17) is 0 Å². The van der Waals surface area contributed by atoms with Crippen LogP contribution in [-0.4, -0.2) is 74.5 Å². The molecule has 2 unspecified atom stereocenters. The zero-order valence-electron chi connectivity index (χ0n) is 18.2. The van der Waals surface area contributed by atoms with Crippen molar-refractivity contribution in [2.24, 2.45) is 10.9 Å². The molecule has 1 aliphatic carbocycles. The number of aliphatic imine (C=N–C) groups is 1. The minimum absolute atomic E-state index is 0.269. The third-order valence-electron chi connectivity index (χ3n) is 6.32. The Morgan fingerprint density at radius 2 is 1.93 bits per heavy atom. The molecule has 2 aliphatic rings. The van der Waals surface area contributed by atoms with Crippen LogP contribution >= 0.6 is 0 Å². The number of carbonyl (C=O) groups is 1. The van der Waals surface area contributed by atoms with Crippen molar-refractivity contribution in [3.63, 3.8) is 0 Å². The van der Waals surface area contributed by atoms with Gasteiger partial charge in [0.1, 0.15) is 0 Å². The highest BCUT2D eigenvalue weighted by Crippen LogP contribution is 2.27. The highest BCUT2D eigenvalue weighted by Gasteiger charge is 2.32. The second-order valence-corrected chi connectivity index (χ2v) is 8.66. The van der Waals surface area contributed by atoms with Crippen LogP contribution in [0.15, 0.2) is 35.3 Å². The Bertz CT molecular complexity index is 669. The largest absolute Gasteiger partial charge is 0.355 e. The van der Waals surface area contributed by atoms with Gasteiger partial charge in [-0.25, -0.2) is 0 Å². The summed E-state index contributed by atoms with van der Waals surface area (Å²) in [5, 5.41) is 7.02. The van der Waals surface area contributed by atoms with Crippen LogP contribution in [0.5, 0.6) is 0 Å². The number of likely N-dealkylation sites (tertiary alicyclic amines) is 1. The van der Waals surface area contributed by atoms with Crippen LogP contribution in [0.3, 0.4) is 0 Å². The molecule has 0 bridgehead atoms. The first kappa shape index (κ1) is 21.6. The number of benzene rings is 1. The molecule has 1 amide bonds. The summed E-state index contributed by atoms with van der Waals surface area (Å²) < 4.78 is 0. The summed E-state index contributed by atoms with van der Waals surface area (Å²) in [5.74, 6) is 1.46. The highest BCUT2D eigenvalue weighted by atomic mass is 16.2. The third-order valence-corrected chi connectivity index (χ3v) is 6.32. The van der Waals surface area contributed by atoms with E-state index < -0.39 is 0 Å². The molecule has 1 heterocycles. The molecule has 2 atom stereocenters. The number of likely N-dealkylation sites (N-methyl/N-ethyl adjacent to an activating group) is 1. The molecular formula is C23H37N5O. The Hall–Kier alpha value is -2.08. The van der Waals surface area contributed by atoms with Crippen molar-refractivity contribution in [1.29, 1.82) is 0 Å².